The van der Waals surface area contributed by atoms with E-state index in [2.05, 4.69) is 4.90 Å². The molecule has 1 aliphatic carbocycles. The second-order valence-corrected chi connectivity index (χ2v) is 10.5. The van der Waals surface area contributed by atoms with E-state index in [1.807, 2.05) is 35.2 Å². The summed E-state index contributed by atoms with van der Waals surface area (Å²) in [6, 6.07) is 13.3. The van der Waals surface area contributed by atoms with Crippen LogP contribution in [-0.4, -0.2) is 69.0 Å². The van der Waals surface area contributed by atoms with Crippen molar-refractivity contribution in [1.82, 2.24) is 4.90 Å². The summed E-state index contributed by atoms with van der Waals surface area (Å²) < 4.78 is 16.8. The van der Waals surface area contributed by atoms with Crippen molar-refractivity contribution in [2.24, 2.45) is 5.41 Å². The molecule has 0 radical (unpaired) electrons. The molecule has 6 rings (SSSR count). The van der Waals surface area contributed by atoms with Crippen molar-refractivity contribution in [3.05, 3.63) is 48.0 Å². The SMILES string of the molecule is COc1cc(N2CCCC2=O)ccc1OCCN1CCC2(CC1)COC2.Oc1ccc(C2CC2)cc1. The average molecular weight is 495 g/mol. The first-order chi connectivity index (χ1) is 17.5. The van der Waals surface area contributed by atoms with Crippen molar-refractivity contribution in [2.45, 2.75) is 44.4 Å². The summed E-state index contributed by atoms with van der Waals surface area (Å²) in [6.07, 6.45) is 6.66. The first kappa shape index (κ1) is 24.9. The Morgan fingerprint density at radius 1 is 1.03 bits per heavy atom. The monoisotopic (exact) mass is 494 g/mol. The van der Waals surface area contributed by atoms with Crippen molar-refractivity contribution in [1.29, 1.82) is 0 Å². The molecule has 7 nitrogen and oxygen atoms in total. The lowest BCUT2D eigenvalue weighted by Gasteiger charge is -2.47. The van der Waals surface area contributed by atoms with Gasteiger partial charge in [0.05, 0.1) is 20.3 Å². The topological polar surface area (TPSA) is 71.5 Å². The summed E-state index contributed by atoms with van der Waals surface area (Å²) in [5, 5.41) is 8.96. The third-order valence-electron chi connectivity index (χ3n) is 7.87. The van der Waals surface area contributed by atoms with Crippen molar-refractivity contribution >= 4 is 11.6 Å². The van der Waals surface area contributed by atoms with Crippen molar-refractivity contribution in [3.63, 3.8) is 0 Å². The molecule has 0 atom stereocenters. The van der Waals surface area contributed by atoms with Crippen LogP contribution in [0.5, 0.6) is 17.2 Å². The molecule has 3 aliphatic heterocycles. The van der Waals surface area contributed by atoms with Gasteiger partial charge in [-0.25, -0.2) is 0 Å². The molecule has 1 spiro atoms. The second kappa shape index (κ2) is 11.1. The van der Waals surface area contributed by atoms with Gasteiger partial charge in [-0.1, -0.05) is 12.1 Å². The summed E-state index contributed by atoms with van der Waals surface area (Å²) in [4.78, 5) is 16.2. The van der Waals surface area contributed by atoms with Gasteiger partial charge in [0.2, 0.25) is 5.91 Å². The van der Waals surface area contributed by atoms with Gasteiger partial charge >= 0.3 is 0 Å². The number of aromatic hydroxyl groups is 1. The van der Waals surface area contributed by atoms with E-state index >= 15 is 0 Å². The number of phenols is 1. The summed E-state index contributed by atoms with van der Waals surface area (Å²) in [7, 11) is 1.64. The highest BCUT2D eigenvalue weighted by Crippen LogP contribution is 2.40. The van der Waals surface area contributed by atoms with Gasteiger partial charge in [-0.15, -0.1) is 0 Å². The number of likely N-dealkylation sites (tertiary alicyclic amines) is 1. The first-order valence-corrected chi connectivity index (χ1v) is 13.3. The Morgan fingerprint density at radius 2 is 1.78 bits per heavy atom. The molecule has 4 fully saturated rings. The predicted octanol–water partition coefficient (Wildman–Crippen LogP) is 4.58. The van der Waals surface area contributed by atoms with Crippen LogP contribution in [0.1, 0.15) is 50.0 Å². The Kier molecular flexibility index (Phi) is 7.67. The molecule has 1 N–H and O–H groups in total. The first-order valence-electron chi connectivity index (χ1n) is 13.3. The number of benzene rings is 2. The molecule has 0 bridgehead atoms. The number of hydrogen-bond donors (Lipinski definition) is 1. The highest BCUT2D eigenvalue weighted by molar-refractivity contribution is 5.95. The smallest absolute Gasteiger partial charge is 0.227 e. The van der Waals surface area contributed by atoms with Gasteiger partial charge in [0.15, 0.2) is 11.5 Å². The number of phenolic OH excluding ortho intramolecular Hbond substituents is 1. The maximum absolute atomic E-state index is 11.9. The highest BCUT2D eigenvalue weighted by Gasteiger charge is 2.40. The van der Waals surface area contributed by atoms with E-state index in [9.17, 15) is 4.79 Å². The number of rotatable bonds is 7. The molecule has 0 aromatic heterocycles. The number of carbonyl (C=O) groups excluding carboxylic acids is 1. The number of amides is 1. The minimum atomic E-state index is 0.181. The van der Waals surface area contributed by atoms with Crippen molar-refractivity contribution in [3.8, 4) is 17.2 Å². The lowest BCUT2D eigenvalue weighted by Crippen LogP contribution is -2.51. The lowest BCUT2D eigenvalue weighted by molar-refractivity contribution is -0.139. The third kappa shape index (κ3) is 5.95. The van der Waals surface area contributed by atoms with Crippen LogP contribution in [-0.2, 0) is 9.53 Å². The van der Waals surface area contributed by atoms with E-state index in [4.69, 9.17) is 19.3 Å². The Bertz CT molecular complexity index is 1020. The molecule has 0 unspecified atom stereocenters. The van der Waals surface area contributed by atoms with Crippen LogP contribution >= 0.6 is 0 Å². The molecule has 1 saturated carbocycles. The molecule has 7 heteroatoms. The Balaban J connectivity index is 0.000000222. The van der Waals surface area contributed by atoms with E-state index in [0.717, 1.165) is 63.2 Å². The summed E-state index contributed by atoms with van der Waals surface area (Å²) in [6.45, 7) is 6.48. The van der Waals surface area contributed by atoms with Crippen LogP contribution in [0.3, 0.4) is 0 Å². The standard InChI is InChI=1S/C20H28N2O4.C9H10O/c1-24-18-13-16(22-8-2-3-19(22)23)4-5-17(18)26-12-11-21-9-6-20(7-10-21)14-25-15-20;10-9-5-3-8(4-6-9)7-1-2-7/h4-5,13H,2-3,6-12,14-15H2,1H3;3-7,10H,1-2H2. The zero-order chi connectivity index (χ0) is 25.0. The Morgan fingerprint density at radius 3 is 2.36 bits per heavy atom. The molecule has 2 aromatic carbocycles. The molecule has 1 amide bonds. The molecule has 194 valence electrons. The Hall–Kier alpha value is -2.77. The maximum atomic E-state index is 11.9. The molecule has 3 heterocycles. The normalized spacial score (nSPS) is 21.0. The van der Waals surface area contributed by atoms with Gasteiger partial charge in [0.25, 0.3) is 0 Å². The average Bonchev–Trinajstić information content (AvgIpc) is 3.64. The van der Waals surface area contributed by atoms with Crippen molar-refractivity contribution in [2.75, 3.05) is 58.0 Å². The van der Waals surface area contributed by atoms with E-state index in [-0.39, 0.29) is 5.91 Å². The van der Waals surface area contributed by atoms with Crippen LogP contribution in [0, 0.1) is 5.41 Å². The van der Waals surface area contributed by atoms with Crippen molar-refractivity contribution < 1.29 is 24.1 Å². The fourth-order valence-electron chi connectivity index (χ4n) is 5.24. The zero-order valence-electron chi connectivity index (χ0n) is 21.3. The van der Waals surface area contributed by atoms with E-state index in [1.54, 1.807) is 19.2 Å². The minimum Gasteiger partial charge on any atom is -0.508 e. The van der Waals surface area contributed by atoms with Gasteiger partial charge < -0.3 is 24.2 Å². The zero-order valence-corrected chi connectivity index (χ0v) is 21.3. The number of hydrogen-bond acceptors (Lipinski definition) is 6. The highest BCUT2D eigenvalue weighted by atomic mass is 16.5. The van der Waals surface area contributed by atoms with E-state index in [0.29, 0.717) is 29.9 Å². The van der Waals surface area contributed by atoms with Crippen LogP contribution in [0.4, 0.5) is 5.69 Å². The van der Waals surface area contributed by atoms with Crippen LogP contribution in [0.2, 0.25) is 0 Å². The molecule has 3 saturated heterocycles. The molecule has 36 heavy (non-hydrogen) atoms. The lowest BCUT2D eigenvalue weighted by atomic mass is 9.77. The Labute approximate surface area is 213 Å². The molecule has 4 aliphatic rings. The van der Waals surface area contributed by atoms with Gasteiger partial charge in [0.1, 0.15) is 12.4 Å². The van der Waals surface area contributed by atoms with E-state index < -0.39 is 0 Å². The quantitative estimate of drug-likeness (QED) is 0.608. The second-order valence-electron chi connectivity index (χ2n) is 10.5. The van der Waals surface area contributed by atoms with Gasteiger partial charge in [-0.2, -0.15) is 0 Å². The maximum Gasteiger partial charge on any atom is 0.227 e. The minimum absolute atomic E-state index is 0.181. The molecular weight excluding hydrogens is 456 g/mol. The number of methoxy groups -OCH3 is 1. The summed E-state index contributed by atoms with van der Waals surface area (Å²) in [5.74, 6) is 2.76. The fourth-order valence-corrected chi connectivity index (χ4v) is 5.24. The number of carbonyl (C=O) groups is 1. The molecular formula is C29H38N2O5. The number of ether oxygens (including phenoxy) is 3. The van der Waals surface area contributed by atoms with Gasteiger partial charge in [-0.05, 0) is 80.9 Å². The largest absolute Gasteiger partial charge is 0.508 e. The van der Waals surface area contributed by atoms with Gasteiger partial charge in [-0.3, -0.25) is 9.69 Å². The molecule has 2 aromatic rings. The van der Waals surface area contributed by atoms with Gasteiger partial charge in [0, 0.05) is 36.7 Å². The summed E-state index contributed by atoms with van der Waals surface area (Å²) >= 11 is 0. The van der Waals surface area contributed by atoms with Crippen LogP contribution < -0.4 is 14.4 Å². The third-order valence-corrected chi connectivity index (χ3v) is 7.87. The predicted molar refractivity (Wildman–Crippen MR) is 139 cm³/mol. The van der Waals surface area contributed by atoms with Crippen LogP contribution in [0.25, 0.3) is 0 Å². The fraction of sp³-hybridized carbons (Fsp3) is 0.552. The number of piperidine rings is 1. The summed E-state index contributed by atoms with van der Waals surface area (Å²) in [5.41, 5.74) is 2.74. The van der Waals surface area contributed by atoms with Crippen LogP contribution in [0.15, 0.2) is 42.5 Å². The number of anilines is 1. The van der Waals surface area contributed by atoms with E-state index in [1.165, 1.54) is 31.2 Å². The number of nitrogens with zero attached hydrogens (tertiary/aromatic N) is 2.